The van der Waals surface area contributed by atoms with Crippen molar-refractivity contribution in [3.8, 4) is 0 Å². The van der Waals surface area contributed by atoms with E-state index in [9.17, 15) is 18.3 Å². The second-order valence-electron chi connectivity index (χ2n) is 4.74. The number of aliphatic hydroxyl groups is 1. The summed E-state index contributed by atoms with van der Waals surface area (Å²) in [4.78, 5) is 1.67. The van der Waals surface area contributed by atoms with E-state index in [1.165, 1.54) is 0 Å². The highest BCUT2D eigenvalue weighted by atomic mass is 19.4. The molecule has 1 saturated carbocycles. The molecule has 2 nitrogen and oxygen atoms in total. The predicted octanol–water partition coefficient (Wildman–Crippen LogP) is 2.42. The van der Waals surface area contributed by atoms with Crippen LogP contribution in [0.1, 0.15) is 32.1 Å². The lowest BCUT2D eigenvalue weighted by Crippen LogP contribution is -2.36. The molecule has 0 spiro atoms. The van der Waals surface area contributed by atoms with Crippen LogP contribution in [0.3, 0.4) is 0 Å². The lowest BCUT2D eigenvalue weighted by Gasteiger charge is -2.31. The molecule has 0 saturated heterocycles. The van der Waals surface area contributed by atoms with Crippen molar-refractivity contribution in [3.63, 3.8) is 0 Å². The third kappa shape index (κ3) is 5.16. The highest BCUT2D eigenvalue weighted by Gasteiger charge is 2.29. The maximum Gasteiger partial charge on any atom is 0.390 e. The molecular formula is C11H20F3NO. The lowest BCUT2D eigenvalue weighted by atomic mass is 9.86. The highest BCUT2D eigenvalue weighted by molar-refractivity contribution is 4.76. The smallest absolute Gasteiger partial charge is 0.390 e. The molecule has 0 aromatic rings. The molecule has 2 atom stereocenters. The fourth-order valence-corrected chi connectivity index (χ4v) is 2.21. The van der Waals surface area contributed by atoms with E-state index in [4.69, 9.17) is 0 Å². The van der Waals surface area contributed by atoms with Gasteiger partial charge in [-0.05, 0) is 25.8 Å². The Morgan fingerprint density at radius 2 is 1.88 bits per heavy atom. The molecule has 0 aromatic heterocycles. The van der Waals surface area contributed by atoms with E-state index in [2.05, 4.69) is 0 Å². The average molecular weight is 239 g/mol. The molecule has 1 rings (SSSR count). The third-order valence-corrected chi connectivity index (χ3v) is 3.19. The summed E-state index contributed by atoms with van der Waals surface area (Å²) in [5.74, 6) is 0.145. The zero-order chi connectivity index (χ0) is 12.2. The van der Waals surface area contributed by atoms with Crippen LogP contribution in [0.25, 0.3) is 0 Å². The zero-order valence-electron chi connectivity index (χ0n) is 9.63. The Balaban J connectivity index is 2.24. The van der Waals surface area contributed by atoms with Gasteiger partial charge in [0.1, 0.15) is 0 Å². The fraction of sp³-hybridized carbons (Fsp3) is 1.00. The molecule has 0 amide bonds. The minimum absolute atomic E-state index is 0.0206. The van der Waals surface area contributed by atoms with Crippen molar-refractivity contribution in [3.05, 3.63) is 0 Å². The van der Waals surface area contributed by atoms with Gasteiger partial charge >= 0.3 is 6.18 Å². The number of rotatable bonds is 4. The molecule has 2 unspecified atom stereocenters. The van der Waals surface area contributed by atoms with Gasteiger partial charge in [0.05, 0.1) is 12.5 Å². The molecule has 5 heteroatoms. The SMILES string of the molecule is CN(CCC(F)(F)F)CC1CCCCC1O. The molecule has 1 aliphatic carbocycles. The molecule has 16 heavy (non-hydrogen) atoms. The lowest BCUT2D eigenvalue weighted by molar-refractivity contribution is -0.137. The van der Waals surface area contributed by atoms with Crippen LogP contribution in [0.2, 0.25) is 0 Å². The molecule has 1 fully saturated rings. The van der Waals surface area contributed by atoms with Crippen molar-refractivity contribution >= 4 is 0 Å². The Bertz CT molecular complexity index is 208. The van der Waals surface area contributed by atoms with Gasteiger partial charge in [-0.1, -0.05) is 12.8 Å². The van der Waals surface area contributed by atoms with Crippen molar-refractivity contribution < 1.29 is 18.3 Å². The number of alkyl halides is 3. The van der Waals surface area contributed by atoms with Crippen LogP contribution in [0.5, 0.6) is 0 Å². The Hall–Kier alpha value is -0.290. The van der Waals surface area contributed by atoms with Crippen LogP contribution in [0, 0.1) is 5.92 Å². The Labute approximate surface area is 94.4 Å². The van der Waals surface area contributed by atoms with Crippen LogP contribution >= 0.6 is 0 Å². The summed E-state index contributed by atoms with van der Waals surface area (Å²) >= 11 is 0. The number of hydrogen-bond donors (Lipinski definition) is 1. The van der Waals surface area contributed by atoms with E-state index in [1.807, 2.05) is 0 Å². The fourth-order valence-electron chi connectivity index (χ4n) is 2.21. The van der Waals surface area contributed by atoms with E-state index in [0.717, 1.165) is 25.7 Å². The van der Waals surface area contributed by atoms with Crippen molar-refractivity contribution in [1.29, 1.82) is 0 Å². The van der Waals surface area contributed by atoms with Crippen LogP contribution in [0.15, 0.2) is 0 Å². The number of nitrogens with zero attached hydrogens (tertiary/aromatic N) is 1. The summed E-state index contributed by atoms with van der Waals surface area (Å²) in [5, 5.41) is 9.70. The van der Waals surface area contributed by atoms with E-state index in [-0.39, 0.29) is 18.6 Å². The minimum Gasteiger partial charge on any atom is -0.393 e. The van der Waals surface area contributed by atoms with E-state index in [1.54, 1.807) is 11.9 Å². The molecule has 0 aliphatic heterocycles. The summed E-state index contributed by atoms with van der Waals surface area (Å²) in [6.07, 6.45) is -1.36. The first-order valence-electron chi connectivity index (χ1n) is 5.82. The summed E-state index contributed by atoms with van der Waals surface area (Å²) in [5.41, 5.74) is 0. The van der Waals surface area contributed by atoms with Gasteiger partial charge in [0.2, 0.25) is 0 Å². The number of aliphatic hydroxyl groups excluding tert-OH is 1. The van der Waals surface area contributed by atoms with Gasteiger partial charge < -0.3 is 10.0 Å². The summed E-state index contributed by atoms with van der Waals surface area (Å²) in [6.45, 7) is 0.587. The quantitative estimate of drug-likeness (QED) is 0.814. The summed E-state index contributed by atoms with van der Waals surface area (Å²) in [7, 11) is 1.69. The first-order valence-corrected chi connectivity index (χ1v) is 5.82. The summed E-state index contributed by atoms with van der Waals surface area (Å²) in [6, 6.07) is 0. The minimum atomic E-state index is -4.08. The Kier molecular flexibility index (Phi) is 5.05. The highest BCUT2D eigenvalue weighted by Crippen LogP contribution is 2.25. The third-order valence-electron chi connectivity index (χ3n) is 3.19. The molecule has 0 radical (unpaired) electrons. The molecule has 0 bridgehead atoms. The average Bonchev–Trinajstić information content (AvgIpc) is 2.18. The van der Waals surface area contributed by atoms with Gasteiger partial charge in [-0.3, -0.25) is 0 Å². The normalized spacial score (nSPS) is 27.4. The molecule has 1 N–H and O–H groups in total. The van der Waals surface area contributed by atoms with Gasteiger partial charge in [-0.15, -0.1) is 0 Å². The number of hydrogen-bond acceptors (Lipinski definition) is 2. The molecule has 1 aliphatic rings. The first-order chi connectivity index (χ1) is 7.38. The van der Waals surface area contributed by atoms with Gasteiger partial charge in [0.15, 0.2) is 0 Å². The van der Waals surface area contributed by atoms with Gasteiger partial charge in [-0.25, -0.2) is 0 Å². The van der Waals surface area contributed by atoms with Crippen LogP contribution in [0.4, 0.5) is 13.2 Å². The van der Waals surface area contributed by atoms with Crippen LogP contribution in [-0.2, 0) is 0 Å². The van der Waals surface area contributed by atoms with E-state index < -0.39 is 12.6 Å². The zero-order valence-corrected chi connectivity index (χ0v) is 9.63. The maximum absolute atomic E-state index is 12.0. The molecule has 0 aromatic carbocycles. The molecule has 96 valence electrons. The standard InChI is InChI=1S/C11H20F3NO/c1-15(7-6-11(12,13)14)8-9-4-2-3-5-10(9)16/h9-10,16H,2-8H2,1H3. The molecular weight excluding hydrogens is 219 g/mol. The van der Waals surface area contributed by atoms with E-state index >= 15 is 0 Å². The van der Waals surface area contributed by atoms with E-state index in [0.29, 0.717) is 6.54 Å². The largest absolute Gasteiger partial charge is 0.393 e. The van der Waals surface area contributed by atoms with Crippen LogP contribution < -0.4 is 0 Å². The Morgan fingerprint density at radius 1 is 1.25 bits per heavy atom. The number of halogens is 3. The topological polar surface area (TPSA) is 23.5 Å². The predicted molar refractivity (Wildman–Crippen MR) is 56.1 cm³/mol. The van der Waals surface area contributed by atoms with Gasteiger partial charge in [0.25, 0.3) is 0 Å². The maximum atomic E-state index is 12.0. The van der Waals surface area contributed by atoms with Gasteiger partial charge in [0, 0.05) is 13.1 Å². The van der Waals surface area contributed by atoms with Crippen molar-refractivity contribution in [2.45, 2.75) is 44.4 Å². The van der Waals surface area contributed by atoms with Crippen molar-refractivity contribution in [2.24, 2.45) is 5.92 Å². The van der Waals surface area contributed by atoms with Gasteiger partial charge in [-0.2, -0.15) is 13.2 Å². The van der Waals surface area contributed by atoms with Crippen molar-refractivity contribution in [1.82, 2.24) is 4.90 Å². The monoisotopic (exact) mass is 239 g/mol. The second kappa shape index (κ2) is 5.87. The Morgan fingerprint density at radius 3 is 2.44 bits per heavy atom. The van der Waals surface area contributed by atoms with Crippen molar-refractivity contribution in [2.75, 3.05) is 20.1 Å². The first kappa shape index (κ1) is 13.8. The second-order valence-corrected chi connectivity index (χ2v) is 4.74. The molecule has 0 heterocycles. The van der Waals surface area contributed by atoms with Crippen LogP contribution in [-0.4, -0.2) is 42.4 Å². The summed E-state index contributed by atoms with van der Waals surface area (Å²) < 4.78 is 36.0.